The molecule has 0 fully saturated rings. The quantitative estimate of drug-likeness (QED) is 0.742. The molecule has 6 heteroatoms. The number of rotatable bonds is 6. The van der Waals surface area contributed by atoms with Gasteiger partial charge in [0.2, 0.25) is 5.89 Å². The molecule has 1 aromatic heterocycles. The fourth-order valence-corrected chi connectivity index (χ4v) is 2.27. The molecular formula is C19H19N3O3. The van der Waals surface area contributed by atoms with Gasteiger partial charge in [-0.1, -0.05) is 35.4 Å². The van der Waals surface area contributed by atoms with Crippen molar-refractivity contribution in [2.75, 3.05) is 5.32 Å². The van der Waals surface area contributed by atoms with Gasteiger partial charge in [0.15, 0.2) is 0 Å². The molecule has 0 bridgehead atoms. The topological polar surface area (TPSA) is 77.2 Å². The summed E-state index contributed by atoms with van der Waals surface area (Å²) >= 11 is 0. The minimum absolute atomic E-state index is 0.0819. The van der Waals surface area contributed by atoms with Crippen LogP contribution in [0, 0.1) is 0 Å². The van der Waals surface area contributed by atoms with Crippen LogP contribution in [0.4, 0.5) is 6.01 Å². The van der Waals surface area contributed by atoms with E-state index in [4.69, 9.17) is 9.15 Å². The van der Waals surface area contributed by atoms with E-state index in [1.54, 1.807) is 24.3 Å². The highest BCUT2D eigenvalue weighted by Crippen LogP contribution is 2.16. The number of hydrogen-bond donors (Lipinski definition) is 1. The van der Waals surface area contributed by atoms with E-state index in [-0.39, 0.29) is 18.0 Å². The predicted molar refractivity (Wildman–Crippen MR) is 93.7 cm³/mol. The number of nitrogens with one attached hydrogen (secondary N) is 1. The first-order valence-electron chi connectivity index (χ1n) is 8.04. The van der Waals surface area contributed by atoms with Crippen LogP contribution >= 0.6 is 0 Å². The minimum Gasteiger partial charge on any atom is -0.491 e. The lowest BCUT2D eigenvalue weighted by atomic mass is 10.2. The number of ether oxygens (including phenoxy) is 1. The zero-order chi connectivity index (χ0) is 17.6. The highest BCUT2D eigenvalue weighted by Gasteiger charge is 2.12. The van der Waals surface area contributed by atoms with E-state index in [9.17, 15) is 4.79 Å². The first-order chi connectivity index (χ1) is 12.1. The van der Waals surface area contributed by atoms with Gasteiger partial charge in [-0.3, -0.25) is 10.1 Å². The third-order valence-corrected chi connectivity index (χ3v) is 3.37. The lowest BCUT2D eigenvalue weighted by molar-refractivity contribution is 0.102. The first kappa shape index (κ1) is 16.7. The Morgan fingerprint density at radius 3 is 2.48 bits per heavy atom. The van der Waals surface area contributed by atoms with Gasteiger partial charge < -0.3 is 9.15 Å². The van der Waals surface area contributed by atoms with E-state index < -0.39 is 0 Å². The summed E-state index contributed by atoms with van der Waals surface area (Å²) in [5.74, 6) is 0.850. The molecule has 2 aromatic carbocycles. The van der Waals surface area contributed by atoms with Crippen molar-refractivity contribution in [3.05, 3.63) is 71.6 Å². The molecule has 0 aliphatic rings. The third-order valence-electron chi connectivity index (χ3n) is 3.37. The van der Waals surface area contributed by atoms with Gasteiger partial charge in [0.05, 0.1) is 12.5 Å². The van der Waals surface area contributed by atoms with Gasteiger partial charge in [-0.05, 0) is 43.7 Å². The number of carbonyl (C=O) groups excluding carboxylic acids is 1. The summed E-state index contributed by atoms with van der Waals surface area (Å²) in [5, 5.41) is 10.4. The van der Waals surface area contributed by atoms with Crippen molar-refractivity contribution < 1.29 is 13.9 Å². The molecule has 0 atom stereocenters. The summed E-state index contributed by atoms with van der Waals surface area (Å²) in [6.07, 6.45) is 0.603. The van der Waals surface area contributed by atoms with Crippen LogP contribution in [-0.4, -0.2) is 22.2 Å². The van der Waals surface area contributed by atoms with Crippen LogP contribution in [0.1, 0.15) is 35.7 Å². The van der Waals surface area contributed by atoms with Gasteiger partial charge in [-0.25, -0.2) is 0 Å². The standard InChI is InChI=1S/C19H19N3O3/c1-13(2)24-16-10-8-15(9-11-16)18(23)20-19-22-21-17(25-19)12-14-6-4-3-5-7-14/h3-11,13H,12H2,1-2H3,(H,20,22,23). The second-order valence-corrected chi connectivity index (χ2v) is 5.81. The Bertz CT molecular complexity index is 827. The fourth-order valence-electron chi connectivity index (χ4n) is 2.27. The summed E-state index contributed by atoms with van der Waals surface area (Å²) in [5.41, 5.74) is 1.55. The van der Waals surface area contributed by atoms with E-state index in [1.807, 2.05) is 44.2 Å². The summed E-state index contributed by atoms with van der Waals surface area (Å²) in [4.78, 5) is 12.2. The van der Waals surface area contributed by atoms with Gasteiger partial charge in [0.1, 0.15) is 5.75 Å². The molecule has 0 spiro atoms. The molecule has 128 valence electrons. The molecule has 0 aliphatic carbocycles. The Kier molecular flexibility index (Phi) is 5.09. The average Bonchev–Trinajstić information content (AvgIpc) is 3.02. The number of hydrogen-bond acceptors (Lipinski definition) is 5. The Balaban J connectivity index is 1.61. The molecule has 3 aromatic rings. The minimum atomic E-state index is -0.314. The van der Waals surface area contributed by atoms with Gasteiger partial charge in [-0.2, -0.15) is 0 Å². The number of nitrogens with zero attached hydrogens (tertiary/aromatic N) is 2. The van der Waals surface area contributed by atoms with Crippen LogP contribution in [0.3, 0.4) is 0 Å². The average molecular weight is 337 g/mol. The molecule has 1 amide bonds. The van der Waals surface area contributed by atoms with Crippen LogP contribution in [0.5, 0.6) is 5.75 Å². The van der Waals surface area contributed by atoms with Gasteiger partial charge in [-0.15, -0.1) is 5.10 Å². The summed E-state index contributed by atoms with van der Waals surface area (Å²) in [6.45, 7) is 3.90. The molecule has 25 heavy (non-hydrogen) atoms. The number of benzene rings is 2. The molecular weight excluding hydrogens is 318 g/mol. The summed E-state index contributed by atoms with van der Waals surface area (Å²) in [6, 6.07) is 16.8. The number of aromatic nitrogens is 2. The van der Waals surface area contributed by atoms with Crippen LogP contribution in [0.25, 0.3) is 0 Å². The Hall–Kier alpha value is -3.15. The zero-order valence-electron chi connectivity index (χ0n) is 14.1. The number of anilines is 1. The van der Waals surface area contributed by atoms with Gasteiger partial charge in [0.25, 0.3) is 5.91 Å². The van der Waals surface area contributed by atoms with Crippen molar-refractivity contribution in [3.63, 3.8) is 0 Å². The fraction of sp³-hybridized carbons (Fsp3) is 0.211. The lowest BCUT2D eigenvalue weighted by Crippen LogP contribution is -2.12. The van der Waals surface area contributed by atoms with E-state index in [1.165, 1.54) is 0 Å². The molecule has 1 heterocycles. The van der Waals surface area contributed by atoms with Gasteiger partial charge >= 0.3 is 6.01 Å². The molecule has 1 N–H and O–H groups in total. The Morgan fingerprint density at radius 1 is 1.08 bits per heavy atom. The van der Waals surface area contributed by atoms with Crippen molar-refractivity contribution in [2.45, 2.75) is 26.4 Å². The highest BCUT2D eigenvalue weighted by atomic mass is 16.5. The highest BCUT2D eigenvalue weighted by molar-refractivity contribution is 6.03. The second-order valence-electron chi connectivity index (χ2n) is 5.81. The van der Waals surface area contributed by atoms with Crippen LogP contribution in [-0.2, 0) is 6.42 Å². The molecule has 3 rings (SSSR count). The van der Waals surface area contributed by atoms with Crippen molar-refractivity contribution in [1.82, 2.24) is 10.2 Å². The maximum absolute atomic E-state index is 12.2. The normalized spacial score (nSPS) is 10.7. The van der Waals surface area contributed by atoms with Crippen molar-refractivity contribution in [3.8, 4) is 5.75 Å². The second kappa shape index (κ2) is 7.61. The maximum Gasteiger partial charge on any atom is 0.322 e. The number of amides is 1. The molecule has 0 radical (unpaired) electrons. The molecule has 0 saturated heterocycles. The zero-order valence-corrected chi connectivity index (χ0v) is 14.1. The number of carbonyl (C=O) groups is 1. The molecule has 6 nitrogen and oxygen atoms in total. The predicted octanol–water partition coefficient (Wildman–Crippen LogP) is 3.70. The maximum atomic E-state index is 12.2. The summed E-state index contributed by atoms with van der Waals surface area (Å²) in [7, 11) is 0. The van der Waals surface area contributed by atoms with Crippen molar-refractivity contribution >= 4 is 11.9 Å². The monoisotopic (exact) mass is 337 g/mol. The smallest absolute Gasteiger partial charge is 0.322 e. The van der Waals surface area contributed by atoms with E-state index in [0.29, 0.717) is 17.9 Å². The van der Waals surface area contributed by atoms with Crippen molar-refractivity contribution in [2.24, 2.45) is 0 Å². The molecule has 0 unspecified atom stereocenters. The summed E-state index contributed by atoms with van der Waals surface area (Å²) < 4.78 is 11.0. The van der Waals surface area contributed by atoms with E-state index in [2.05, 4.69) is 15.5 Å². The molecule has 0 saturated carbocycles. The lowest BCUT2D eigenvalue weighted by Gasteiger charge is -2.09. The largest absolute Gasteiger partial charge is 0.491 e. The van der Waals surface area contributed by atoms with E-state index >= 15 is 0 Å². The van der Waals surface area contributed by atoms with Gasteiger partial charge in [0, 0.05) is 5.56 Å². The van der Waals surface area contributed by atoms with Crippen LogP contribution in [0.2, 0.25) is 0 Å². The Labute approximate surface area is 145 Å². The molecule has 0 aliphatic heterocycles. The van der Waals surface area contributed by atoms with E-state index in [0.717, 1.165) is 11.3 Å². The van der Waals surface area contributed by atoms with Crippen LogP contribution < -0.4 is 10.1 Å². The Morgan fingerprint density at radius 2 is 1.80 bits per heavy atom. The SMILES string of the molecule is CC(C)Oc1ccc(C(=O)Nc2nnc(Cc3ccccc3)o2)cc1. The third kappa shape index (κ3) is 4.67. The first-order valence-corrected chi connectivity index (χ1v) is 8.04. The van der Waals surface area contributed by atoms with Crippen molar-refractivity contribution in [1.29, 1.82) is 0 Å². The van der Waals surface area contributed by atoms with Crippen LogP contribution in [0.15, 0.2) is 59.0 Å².